The molecule has 1 atom stereocenters. The molecule has 1 aromatic heterocycles. The summed E-state index contributed by atoms with van der Waals surface area (Å²) < 4.78 is 2.72. The Labute approximate surface area is 143 Å². The number of nitrogens with one attached hydrogen (secondary N) is 1. The van der Waals surface area contributed by atoms with Gasteiger partial charge < -0.3 is 15.0 Å². The fourth-order valence-corrected chi connectivity index (χ4v) is 2.72. The summed E-state index contributed by atoms with van der Waals surface area (Å²) in [4.78, 5) is 23.6. The minimum atomic E-state index is -0.897. The topological polar surface area (TPSA) is 71.3 Å². The molecule has 0 radical (unpaired) electrons. The largest absolute Gasteiger partial charge is 0.481 e. The normalized spacial score (nSPS) is 12.2. The van der Waals surface area contributed by atoms with Crippen LogP contribution in [0.2, 0.25) is 0 Å². The lowest BCUT2D eigenvalue weighted by Gasteiger charge is -2.13. The Morgan fingerprint density at radius 1 is 1.22 bits per heavy atom. The third-order valence-electron chi connectivity index (χ3n) is 3.62. The zero-order valence-corrected chi connectivity index (χ0v) is 14.8. The van der Waals surface area contributed by atoms with Gasteiger partial charge in [0, 0.05) is 22.4 Å². The Morgan fingerprint density at radius 3 is 2.52 bits per heavy atom. The van der Waals surface area contributed by atoms with Gasteiger partial charge in [0.25, 0.3) is 5.91 Å². The maximum Gasteiger partial charge on any atom is 0.310 e. The highest BCUT2D eigenvalue weighted by molar-refractivity contribution is 9.10. The number of nitrogens with zero attached hydrogens (tertiary/aromatic N) is 1. The highest BCUT2D eigenvalue weighted by Gasteiger charge is 2.17. The van der Waals surface area contributed by atoms with Crippen LogP contribution in [0.25, 0.3) is 0 Å². The standard InChI is InChI=1S/C17H19BrN2O3/c1-10(2)20-9-13(18)8-15(20)16(21)19-14-6-4-5-12(7-14)11(3)17(22)23/h4-11H,1-3H3,(H,19,21)(H,22,23). The molecule has 1 unspecified atom stereocenters. The predicted octanol–water partition coefficient (Wildman–Crippen LogP) is 4.27. The van der Waals surface area contributed by atoms with Crippen molar-refractivity contribution >= 4 is 33.5 Å². The lowest BCUT2D eigenvalue weighted by Crippen LogP contribution is -2.18. The molecule has 5 nitrogen and oxygen atoms in total. The number of amides is 1. The van der Waals surface area contributed by atoms with Gasteiger partial charge in [-0.15, -0.1) is 0 Å². The van der Waals surface area contributed by atoms with Crippen LogP contribution in [0.15, 0.2) is 41.0 Å². The van der Waals surface area contributed by atoms with E-state index in [9.17, 15) is 9.59 Å². The van der Waals surface area contributed by atoms with E-state index in [1.807, 2.05) is 24.6 Å². The van der Waals surface area contributed by atoms with Crippen LogP contribution in [0.3, 0.4) is 0 Å². The van der Waals surface area contributed by atoms with Gasteiger partial charge in [0.2, 0.25) is 0 Å². The van der Waals surface area contributed by atoms with Crippen molar-refractivity contribution in [3.63, 3.8) is 0 Å². The minimum absolute atomic E-state index is 0.153. The fraction of sp³-hybridized carbons (Fsp3) is 0.294. The molecule has 0 aliphatic rings. The quantitative estimate of drug-likeness (QED) is 0.815. The van der Waals surface area contributed by atoms with E-state index in [-0.39, 0.29) is 11.9 Å². The number of carboxylic acids is 1. The molecule has 0 saturated heterocycles. The number of hydrogen-bond acceptors (Lipinski definition) is 2. The summed E-state index contributed by atoms with van der Waals surface area (Å²) in [5, 5.41) is 11.9. The molecule has 2 N–H and O–H groups in total. The van der Waals surface area contributed by atoms with Gasteiger partial charge in [-0.3, -0.25) is 9.59 Å². The van der Waals surface area contributed by atoms with Crippen LogP contribution in [0.1, 0.15) is 48.8 Å². The minimum Gasteiger partial charge on any atom is -0.481 e. The highest BCUT2D eigenvalue weighted by atomic mass is 79.9. The van der Waals surface area contributed by atoms with Crippen molar-refractivity contribution in [2.45, 2.75) is 32.7 Å². The SMILES string of the molecule is CC(C(=O)O)c1cccc(NC(=O)c2cc(Br)cn2C(C)C)c1. The first-order chi connectivity index (χ1) is 10.8. The number of aromatic nitrogens is 1. The Kier molecular flexibility index (Phi) is 5.26. The van der Waals surface area contributed by atoms with E-state index in [1.54, 1.807) is 37.3 Å². The van der Waals surface area contributed by atoms with Crippen LogP contribution in [0.5, 0.6) is 0 Å². The van der Waals surface area contributed by atoms with Crippen LogP contribution in [0.4, 0.5) is 5.69 Å². The summed E-state index contributed by atoms with van der Waals surface area (Å²) in [6.07, 6.45) is 1.86. The monoisotopic (exact) mass is 378 g/mol. The van der Waals surface area contributed by atoms with Gasteiger partial charge in [0.15, 0.2) is 0 Å². The first kappa shape index (κ1) is 17.3. The average Bonchev–Trinajstić information content (AvgIpc) is 2.89. The van der Waals surface area contributed by atoms with Gasteiger partial charge in [-0.05, 0) is 60.5 Å². The van der Waals surface area contributed by atoms with Crippen molar-refractivity contribution in [2.75, 3.05) is 5.32 Å². The Morgan fingerprint density at radius 2 is 1.91 bits per heavy atom. The van der Waals surface area contributed by atoms with Gasteiger partial charge >= 0.3 is 5.97 Å². The second-order valence-corrected chi connectivity index (χ2v) is 6.60. The van der Waals surface area contributed by atoms with Gasteiger partial charge in [-0.2, -0.15) is 0 Å². The number of hydrogen-bond donors (Lipinski definition) is 2. The highest BCUT2D eigenvalue weighted by Crippen LogP contribution is 2.22. The summed E-state index contributed by atoms with van der Waals surface area (Å²) in [6, 6.07) is 8.82. The molecule has 6 heteroatoms. The summed E-state index contributed by atoms with van der Waals surface area (Å²) in [6.45, 7) is 5.61. The first-order valence-corrected chi connectivity index (χ1v) is 8.10. The molecular formula is C17H19BrN2O3. The van der Waals surface area contributed by atoms with E-state index in [2.05, 4.69) is 21.2 Å². The predicted molar refractivity (Wildman–Crippen MR) is 93.0 cm³/mol. The van der Waals surface area contributed by atoms with Crippen molar-refractivity contribution in [3.8, 4) is 0 Å². The van der Waals surface area contributed by atoms with Crippen molar-refractivity contribution in [3.05, 3.63) is 52.3 Å². The third kappa shape index (κ3) is 4.01. The van der Waals surface area contributed by atoms with Crippen LogP contribution >= 0.6 is 15.9 Å². The lowest BCUT2D eigenvalue weighted by molar-refractivity contribution is -0.138. The van der Waals surface area contributed by atoms with Gasteiger partial charge in [0.1, 0.15) is 5.69 Å². The lowest BCUT2D eigenvalue weighted by atomic mass is 10.0. The molecule has 1 heterocycles. The van der Waals surface area contributed by atoms with E-state index in [1.165, 1.54) is 0 Å². The number of carbonyl (C=O) groups is 2. The zero-order valence-electron chi connectivity index (χ0n) is 13.2. The third-order valence-corrected chi connectivity index (χ3v) is 4.05. The Balaban J connectivity index is 2.24. The molecule has 0 fully saturated rings. The molecule has 0 spiro atoms. The number of rotatable bonds is 5. The molecule has 23 heavy (non-hydrogen) atoms. The average molecular weight is 379 g/mol. The molecule has 122 valence electrons. The van der Waals surface area contributed by atoms with Gasteiger partial charge in [-0.25, -0.2) is 0 Å². The Bertz CT molecular complexity index is 737. The summed E-state index contributed by atoms with van der Waals surface area (Å²) in [5.41, 5.74) is 1.77. The molecule has 1 aromatic carbocycles. The summed E-state index contributed by atoms with van der Waals surface area (Å²) >= 11 is 3.39. The number of aliphatic carboxylic acids is 1. The second kappa shape index (κ2) is 7.00. The number of benzene rings is 1. The first-order valence-electron chi connectivity index (χ1n) is 7.31. The van der Waals surface area contributed by atoms with E-state index < -0.39 is 11.9 Å². The summed E-state index contributed by atoms with van der Waals surface area (Å²) in [7, 11) is 0. The van der Waals surface area contributed by atoms with E-state index in [0.29, 0.717) is 16.9 Å². The van der Waals surface area contributed by atoms with Crippen LogP contribution in [-0.4, -0.2) is 21.6 Å². The van der Waals surface area contributed by atoms with E-state index in [4.69, 9.17) is 5.11 Å². The molecule has 0 aliphatic heterocycles. The molecule has 2 rings (SSSR count). The van der Waals surface area contributed by atoms with Crippen LogP contribution in [0, 0.1) is 0 Å². The number of anilines is 1. The van der Waals surface area contributed by atoms with Crippen molar-refractivity contribution < 1.29 is 14.7 Å². The van der Waals surface area contributed by atoms with Gasteiger partial charge in [-0.1, -0.05) is 12.1 Å². The molecule has 0 aliphatic carbocycles. The van der Waals surface area contributed by atoms with Crippen molar-refractivity contribution in [1.29, 1.82) is 0 Å². The summed E-state index contributed by atoms with van der Waals surface area (Å²) in [5.74, 6) is -1.75. The van der Waals surface area contributed by atoms with Crippen molar-refractivity contribution in [2.24, 2.45) is 0 Å². The Hall–Kier alpha value is -2.08. The molecule has 0 bridgehead atoms. The fourth-order valence-electron chi connectivity index (χ4n) is 2.28. The van der Waals surface area contributed by atoms with Crippen molar-refractivity contribution in [1.82, 2.24) is 4.57 Å². The van der Waals surface area contributed by atoms with Gasteiger partial charge in [0.05, 0.1) is 5.92 Å². The zero-order chi connectivity index (χ0) is 17.1. The number of carbonyl (C=O) groups excluding carboxylic acids is 1. The van der Waals surface area contributed by atoms with Crippen LogP contribution in [-0.2, 0) is 4.79 Å². The maximum atomic E-state index is 12.5. The number of halogens is 1. The molecule has 2 aromatic rings. The van der Waals surface area contributed by atoms with Crippen LogP contribution < -0.4 is 5.32 Å². The maximum absolute atomic E-state index is 12.5. The molecular weight excluding hydrogens is 360 g/mol. The van der Waals surface area contributed by atoms with E-state index in [0.717, 1.165) is 4.47 Å². The molecule has 0 saturated carbocycles. The molecule has 1 amide bonds. The second-order valence-electron chi connectivity index (χ2n) is 5.68. The smallest absolute Gasteiger partial charge is 0.310 e. The number of carboxylic acid groups (broad SMARTS) is 1. The van der Waals surface area contributed by atoms with E-state index >= 15 is 0 Å².